The highest BCUT2D eigenvalue weighted by Gasteiger charge is 2.15. The van der Waals surface area contributed by atoms with E-state index < -0.39 is 17.9 Å². The predicted octanol–water partition coefficient (Wildman–Crippen LogP) is 3.39. The second-order valence-corrected chi connectivity index (χ2v) is 7.24. The van der Waals surface area contributed by atoms with Crippen molar-refractivity contribution >= 4 is 22.6 Å². The molecule has 0 spiro atoms. The van der Waals surface area contributed by atoms with Crippen LogP contribution in [0.2, 0.25) is 0 Å². The molecule has 0 aliphatic heterocycles. The van der Waals surface area contributed by atoms with Gasteiger partial charge in [0, 0.05) is 13.1 Å². The van der Waals surface area contributed by atoms with Crippen LogP contribution in [0, 0.1) is 0 Å². The standard InChI is InChI=1S/C23H28N2O3/c26-21(20-12-6-10-18-9-4-5-11-19(18)20)14-16-25-23(28)22(27)24-15-13-17-7-2-1-3-8-17/h4-7,9-12,21,26H,1-3,8,13-16H2,(H,24,27)(H,25,28). The number of carbonyl (C=O) groups is 2. The van der Waals surface area contributed by atoms with Crippen molar-refractivity contribution < 1.29 is 14.7 Å². The Balaban J connectivity index is 1.41. The molecular formula is C23H28N2O3. The van der Waals surface area contributed by atoms with Crippen LogP contribution in [0.15, 0.2) is 54.1 Å². The largest absolute Gasteiger partial charge is 0.388 e. The molecule has 1 atom stereocenters. The van der Waals surface area contributed by atoms with Gasteiger partial charge in [-0.1, -0.05) is 54.1 Å². The smallest absolute Gasteiger partial charge is 0.309 e. The van der Waals surface area contributed by atoms with Crippen molar-refractivity contribution in [2.24, 2.45) is 0 Å². The van der Waals surface area contributed by atoms with Crippen molar-refractivity contribution in [3.63, 3.8) is 0 Å². The monoisotopic (exact) mass is 380 g/mol. The molecule has 3 N–H and O–H groups in total. The fraction of sp³-hybridized carbons (Fsp3) is 0.391. The van der Waals surface area contributed by atoms with E-state index in [0.29, 0.717) is 13.0 Å². The Hall–Kier alpha value is -2.66. The Morgan fingerprint density at radius 3 is 2.50 bits per heavy atom. The van der Waals surface area contributed by atoms with Gasteiger partial charge in [-0.2, -0.15) is 0 Å². The van der Waals surface area contributed by atoms with E-state index in [2.05, 4.69) is 16.7 Å². The van der Waals surface area contributed by atoms with Crippen molar-refractivity contribution in [2.45, 2.75) is 44.6 Å². The van der Waals surface area contributed by atoms with Gasteiger partial charge >= 0.3 is 11.8 Å². The number of fused-ring (bicyclic) bond motifs is 1. The first kappa shape index (κ1) is 20.1. The topological polar surface area (TPSA) is 78.4 Å². The summed E-state index contributed by atoms with van der Waals surface area (Å²) >= 11 is 0. The molecule has 0 saturated carbocycles. The van der Waals surface area contributed by atoms with Crippen molar-refractivity contribution in [1.29, 1.82) is 0 Å². The van der Waals surface area contributed by atoms with Gasteiger partial charge in [0.2, 0.25) is 0 Å². The maximum absolute atomic E-state index is 11.9. The zero-order chi connectivity index (χ0) is 19.8. The summed E-state index contributed by atoms with van der Waals surface area (Å²) in [5.74, 6) is -1.26. The summed E-state index contributed by atoms with van der Waals surface area (Å²) < 4.78 is 0. The van der Waals surface area contributed by atoms with Crippen molar-refractivity contribution in [3.05, 3.63) is 59.7 Å². The number of aliphatic hydroxyl groups excluding tert-OH is 1. The van der Waals surface area contributed by atoms with Gasteiger partial charge in [-0.15, -0.1) is 0 Å². The van der Waals surface area contributed by atoms with Crippen LogP contribution in [0.25, 0.3) is 10.8 Å². The molecule has 0 radical (unpaired) electrons. The SMILES string of the molecule is O=C(NCCC1=CCCCC1)C(=O)NCCC(O)c1cccc2ccccc12. The molecule has 5 heteroatoms. The van der Waals surface area contributed by atoms with E-state index in [0.717, 1.165) is 35.6 Å². The third kappa shape index (κ3) is 5.42. The number of benzene rings is 2. The lowest BCUT2D eigenvalue weighted by molar-refractivity contribution is -0.139. The van der Waals surface area contributed by atoms with Crippen molar-refractivity contribution in [2.75, 3.05) is 13.1 Å². The number of allylic oxidation sites excluding steroid dienone is 1. The number of hydrogen-bond donors (Lipinski definition) is 3. The van der Waals surface area contributed by atoms with Crippen LogP contribution in [0.5, 0.6) is 0 Å². The molecule has 28 heavy (non-hydrogen) atoms. The minimum atomic E-state index is -0.701. The highest BCUT2D eigenvalue weighted by atomic mass is 16.3. The maximum Gasteiger partial charge on any atom is 0.309 e. The number of carbonyl (C=O) groups excluding carboxylic acids is 2. The summed E-state index contributed by atoms with van der Waals surface area (Å²) in [5.41, 5.74) is 2.20. The third-order valence-corrected chi connectivity index (χ3v) is 5.21. The number of hydrogen-bond acceptors (Lipinski definition) is 3. The third-order valence-electron chi connectivity index (χ3n) is 5.21. The molecule has 0 fully saturated rings. The lowest BCUT2D eigenvalue weighted by atomic mass is 9.97. The molecule has 0 heterocycles. The van der Waals surface area contributed by atoms with E-state index in [-0.39, 0.29) is 6.54 Å². The van der Waals surface area contributed by atoms with E-state index in [9.17, 15) is 14.7 Å². The molecule has 5 nitrogen and oxygen atoms in total. The summed E-state index contributed by atoms with van der Waals surface area (Å²) in [4.78, 5) is 23.8. The second-order valence-electron chi connectivity index (χ2n) is 7.24. The molecule has 0 bridgehead atoms. The normalized spacial score (nSPS) is 15.0. The van der Waals surface area contributed by atoms with Crippen LogP contribution in [0.1, 0.15) is 50.2 Å². The summed E-state index contributed by atoms with van der Waals surface area (Å²) in [6, 6.07) is 13.7. The van der Waals surface area contributed by atoms with Crippen LogP contribution in [0.3, 0.4) is 0 Å². The predicted molar refractivity (Wildman–Crippen MR) is 111 cm³/mol. The van der Waals surface area contributed by atoms with Gasteiger partial charge in [0.25, 0.3) is 0 Å². The molecule has 1 aliphatic carbocycles. The lowest BCUT2D eigenvalue weighted by Gasteiger charge is -2.15. The van der Waals surface area contributed by atoms with Gasteiger partial charge in [0.15, 0.2) is 0 Å². The van der Waals surface area contributed by atoms with E-state index in [1.54, 1.807) is 0 Å². The van der Waals surface area contributed by atoms with Gasteiger partial charge in [-0.25, -0.2) is 0 Å². The Bertz CT molecular complexity index is 855. The molecule has 2 amide bonds. The molecule has 2 aromatic rings. The molecule has 3 rings (SSSR count). The highest BCUT2D eigenvalue weighted by Crippen LogP contribution is 2.25. The zero-order valence-electron chi connectivity index (χ0n) is 16.1. The van der Waals surface area contributed by atoms with Gasteiger partial charge in [0.05, 0.1) is 6.10 Å². The quantitative estimate of drug-likeness (QED) is 0.509. The fourth-order valence-electron chi connectivity index (χ4n) is 3.65. The van der Waals surface area contributed by atoms with Gasteiger partial charge < -0.3 is 15.7 Å². The van der Waals surface area contributed by atoms with Crippen LogP contribution >= 0.6 is 0 Å². The Kier molecular flexibility index (Phi) is 7.20. The zero-order valence-corrected chi connectivity index (χ0v) is 16.1. The summed E-state index contributed by atoms with van der Waals surface area (Å²) in [7, 11) is 0. The first-order chi connectivity index (χ1) is 13.6. The maximum atomic E-state index is 11.9. The first-order valence-corrected chi connectivity index (χ1v) is 10.0. The number of nitrogens with one attached hydrogen (secondary N) is 2. The van der Waals surface area contributed by atoms with Crippen LogP contribution in [-0.4, -0.2) is 30.0 Å². The number of aliphatic hydroxyl groups is 1. The average Bonchev–Trinajstić information content (AvgIpc) is 2.73. The summed E-state index contributed by atoms with van der Waals surface area (Å²) in [5, 5.41) is 17.8. The average molecular weight is 380 g/mol. The Morgan fingerprint density at radius 2 is 1.71 bits per heavy atom. The van der Waals surface area contributed by atoms with E-state index >= 15 is 0 Å². The summed E-state index contributed by atoms with van der Waals surface area (Å²) in [6.45, 7) is 0.721. The molecule has 1 aliphatic rings. The van der Waals surface area contributed by atoms with Crippen molar-refractivity contribution in [3.8, 4) is 0 Å². The van der Waals surface area contributed by atoms with E-state index in [4.69, 9.17) is 0 Å². The number of amides is 2. The molecule has 2 aromatic carbocycles. The minimum absolute atomic E-state index is 0.238. The molecule has 0 saturated heterocycles. The van der Waals surface area contributed by atoms with Gasteiger partial charge in [-0.05, 0) is 54.9 Å². The first-order valence-electron chi connectivity index (χ1n) is 10.0. The molecular weight excluding hydrogens is 352 g/mol. The molecule has 148 valence electrons. The van der Waals surface area contributed by atoms with Crippen LogP contribution in [-0.2, 0) is 9.59 Å². The minimum Gasteiger partial charge on any atom is -0.388 e. The Labute approximate surface area is 165 Å². The van der Waals surface area contributed by atoms with Gasteiger partial charge in [-0.3, -0.25) is 9.59 Å². The summed E-state index contributed by atoms with van der Waals surface area (Å²) in [6.07, 6.45) is 7.34. The highest BCUT2D eigenvalue weighted by molar-refractivity contribution is 6.35. The van der Waals surface area contributed by atoms with Crippen molar-refractivity contribution in [1.82, 2.24) is 10.6 Å². The van der Waals surface area contributed by atoms with Crippen LogP contribution < -0.4 is 10.6 Å². The van der Waals surface area contributed by atoms with Crippen LogP contribution in [0.4, 0.5) is 0 Å². The lowest BCUT2D eigenvalue weighted by Crippen LogP contribution is -2.40. The Morgan fingerprint density at radius 1 is 0.964 bits per heavy atom. The number of rotatable bonds is 7. The molecule has 1 unspecified atom stereocenters. The fourth-order valence-corrected chi connectivity index (χ4v) is 3.65. The van der Waals surface area contributed by atoms with E-state index in [1.165, 1.54) is 18.4 Å². The van der Waals surface area contributed by atoms with Gasteiger partial charge in [0.1, 0.15) is 0 Å². The van der Waals surface area contributed by atoms with E-state index in [1.807, 2.05) is 42.5 Å². The molecule has 0 aromatic heterocycles. The second kappa shape index (κ2) is 10.0.